The van der Waals surface area contributed by atoms with Crippen LogP contribution in [0.3, 0.4) is 0 Å². The average Bonchev–Trinajstić information content (AvgIpc) is 2.17. The fourth-order valence-electron chi connectivity index (χ4n) is 1.33. The monoisotopic (exact) mass is 305 g/mol. The van der Waals surface area contributed by atoms with Crippen LogP contribution in [0.15, 0.2) is 18.2 Å². The molecular formula is C10H12INO2. The van der Waals surface area contributed by atoms with Crippen molar-refractivity contribution in [2.75, 3.05) is 4.61 Å². The van der Waals surface area contributed by atoms with Gasteiger partial charge in [0.2, 0.25) is 0 Å². The Labute approximate surface area is 96.8 Å². The van der Waals surface area contributed by atoms with E-state index in [1.54, 1.807) is 6.07 Å². The fraction of sp³-hybridized carbons (Fsp3) is 0.300. The number of primary amides is 1. The van der Waals surface area contributed by atoms with Crippen LogP contribution < -0.4 is 10.5 Å². The van der Waals surface area contributed by atoms with Crippen LogP contribution in [0.25, 0.3) is 0 Å². The lowest BCUT2D eigenvalue weighted by molar-refractivity contribution is 0.0996. The molecule has 0 saturated heterocycles. The van der Waals surface area contributed by atoms with Gasteiger partial charge in [0.05, 0.1) is 5.56 Å². The molecule has 0 heterocycles. The first-order valence-electron chi connectivity index (χ1n) is 4.31. The summed E-state index contributed by atoms with van der Waals surface area (Å²) in [6, 6.07) is 5.52. The summed E-state index contributed by atoms with van der Waals surface area (Å²) in [5.74, 6) is 0.147. The second kappa shape index (κ2) is 5.19. The van der Waals surface area contributed by atoms with Crippen molar-refractivity contribution in [3.63, 3.8) is 0 Å². The van der Waals surface area contributed by atoms with Crippen LogP contribution >= 0.6 is 22.6 Å². The van der Waals surface area contributed by atoms with Gasteiger partial charge < -0.3 is 10.5 Å². The first-order chi connectivity index (χ1) is 6.70. The Morgan fingerprint density at radius 1 is 1.57 bits per heavy atom. The zero-order valence-electron chi connectivity index (χ0n) is 7.92. The van der Waals surface area contributed by atoms with Crippen molar-refractivity contribution in [3.05, 3.63) is 29.3 Å². The van der Waals surface area contributed by atoms with Gasteiger partial charge in [-0.15, -0.1) is 0 Å². The van der Waals surface area contributed by atoms with E-state index in [1.807, 2.05) is 19.1 Å². The summed E-state index contributed by atoms with van der Waals surface area (Å²) in [4.78, 5) is 11.2. The minimum Gasteiger partial charge on any atom is -0.482 e. The molecule has 0 aromatic heterocycles. The minimum absolute atomic E-state index is 0.428. The number of alkyl halides is 1. The van der Waals surface area contributed by atoms with Crippen LogP contribution in [0.1, 0.15) is 22.8 Å². The zero-order valence-corrected chi connectivity index (χ0v) is 10.1. The molecule has 0 aliphatic carbocycles. The van der Waals surface area contributed by atoms with Crippen LogP contribution in [-0.4, -0.2) is 10.5 Å². The largest absolute Gasteiger partial charge is 0.482 e. The SMILES string of the molecule is CCc1cccc(OCI)c1C(N)=O. The predicted molar refractivity (Wildman–Crippen MR) is 63.9 cm³/mol. The van der Waals surface area contributed by atoms with E-state index < -0.39 is 5.91 Å². The molecule has 0 radical (unpaired) electrons. The van der Waals surface area contributed by atoms with E-state index in [0.29, 0.717) is 15.9 Å². The van der Waals surface area contributed by atoms with E-state index in [4.69, 9.17) is 10.5 Å². The molecule has 0 fully saturated rings. The van der Waals surface area contributed by atoms with Gasteiger partial charge in [0, 0.05) is 0 Å². The topological polar surface area (TPSA) is 52.3 Å². The van der Waals surface area contributed by atoms with Gasteiger partial charge in [-0.2, -0.15) is 0 Å². The number of amides is 1. The number of ether oxygens (including phenoxy) is 1. The van der Waals surface area contributed by atoms with E-state index in [9.17, 15) is 4.79 Å². The molecule has 0 aliphatic rings. The van der Waals surface area contributed by atoms with Crippen molar-refractivity contribution in [1.29, 1.82) is 0 Å². The summed E-state index contributed by atoms with van der Waals surface area (Å²) in [6.07, 6.45) is 0.775. The third kappa shape index (κ3) is 2.37. The van der Waals surface area contributed by atoms with Crippen molar-refractivity contribution >= 4 is 28.5 Å². The number of carbonyl (C=O) groups is 1. The molecule has 1 aromatic rings. The Kier molecular flexibility index (Phi) is 4.19. The van der Waals surface area contributed by atoms with Crippen LogP contribution in [-0.2, 0) is 6.42 Å². The lowest BCUT2D eigenvalue weighted by Crippen LogP contribution is -2.15. The standard InChI is InChI=1S/C10H12INO2/c1-2-7-4-3-5-8(14-6-11)9(7)10(12)13/h3-5H,2,6H2,1H3,(H2,12,13). The number of halogens is 1. The summed E-state index contributed by atoms with van der Waals surface area (Å²) in [7, 11) is 0. The number of rotatable bonds is 4. The number of aryl methyl sites for hydroxylation is 1. The zero-order chi connectivity index (χ0) is 10.6. The molecule has 0 aliphatic heterocycles. The first kappa shape index (κ1) is 11.3. The second-order valence-electron chi connectivity index (χ2n) is 2.76. The highest BCUT2D eigenvalue weighted by atomic mass is 127. The highest BCUT2D eigenvalue weighted by Gasteiger charge is 2.13. The maximum atomic E-state index is 11.2. The van der Waals surface area contributed by atoms with Gasteiger partial charge in [0.15, 0.2) is 0 Å². The van der Waals surface area contributed by atoms with Gasteiger partial charge in [-0.25, -0.2) is 0 Å². The van der Waals surface area contributed by atoms with E-state index in [-0.39, 0.29) is 0 Å². The van der Waals surface area contributed by atoms with Crippen molar-refractivity contribution in [2.24, 2.45) is 5.73 Å². The van der Waals surface area contributed by atoms with Gasteiger partial charge in [-0.1, -0.05) is 19.1 Å². The Bertz CT molecular complexity index is 339. The van der Waals surface area contributed by atoms with Crippen molar-refractivity contribution in [1.82, 2.24) is 0 Å². The molecule has 0 bridgehead atoms. The number of hydrogen-bond donors (Lipinski definition) is 1. The lowest BCUT2D eigenvalue weighted by atomic mass is 10.0. The number of carbonyl (C=O) groups excluding carboxylic acids is 1. The third-order valence-corrected chi connectivity index (χ3v) is 2.26. The third-order valence-electron chi connectivity index (χ3n) is 1.95. The van der Waals surface area contributed by atoms with E-state index in [2.05, 4.69) is 22.6 Å². The van der Waals surface area contributed by atoms with Crippen LogP contribution in [0.5, 0.6) is 5.75 Å². The van der Waals surface area contributed by atoms with E-state index >= 15 is 0 Å². The summed E-state index contributed by atoms with van der Waals surface area (Å²) < 4.78 is 5.83. The van der Waals surface area contributed by atoms with Crippen LogP contribution in [0.2, 0.25) is 0 Å². The molecule has 0 spiro atoms. The van der Waals surface area contributed by atoms with Gasteiger partial charge >= 0.3 is 0 Å². The summed E-state index contributed by atoms with van der Waals surface area (Å²) in [6.45, 7) is 1.98. The number of hydrogen-bond acceptors (Lipinski definition) is 2. The molecule has 0 unspecified atom stereocenters. The van der Waals surface area contributed by atoms with E-state index in [1.165, 1.54) is 0 Å². The fourth-order valence-corrected chi connectivity index (χ4v) is 1.67. The lowest BCUT2D eigenvalue weighted by Gasteiger charge is -2.10. The van der Waals surface area contributed by atoms with Crippen molar-refractivity contribution in [2.45, 2.75) is 13.3 Å². The summed E-state index contributed by atoms with van der Waals surface area (Å²) in [5, 5.41) is 0. The molecule has 76 valence electrons. The molecule has 1 aromatic carbocycles. The second-order valence-corrected chi connectivity index (χ2v) is 3.38. The smallest absolute Gasteiger partial charge is 0.252 e. The van der Waals surface area contributed by atoms with Crippen LogP contribution in [0, 0.1) is 0 Å². The van der Waals surface area contributed by atoms with Gasteiger partial charge in [-0.05, 0) is 40.6 Å². The van der Waals surface area contributed by atoms with Crippen molar-refractivity contribution < 1.29 is 9.53 Å². The molecule has 1 amide bonds. The Morgan fingerprint density at radius 3 is 2.79 bits per heavy atom. The Balaban J connectivity index is 3.20. The highest BCUT2D eigenvalue weighted by Crippen LogP contribution is 2.22. The molecule has 0 saturated carbocycles. The number of benzene rings is 1. The maximum Gasteiger partial charge on any atom is 0.252 e. The maximum absolute atomic E-state index is 11.2. The quantitative estimate of drug-likeness (QED) is 0.684. The van der Waals surface area contributed by atoms with Gasteiger partial charge in [0.1, 0.15) is 10.4 Å². The normalized spacial score (nSPS) is 9.86. The summed E-state index contributed by atoms with van der Waals surface area (Å²) >= 11 is 2.08. The molecule has 3 nitrogen and oxygen atoms in total. The molecule has 0 atom stereocenters. The Morgan fingerprint density at radius 2 is 2.29 bits per heavy atom. The van der Waals surface area contributed by atoms with Crippen LogP contribution in [0.4, 0.5) is 0 Å². The van der Waals surface area contributed by atoms with Gasteiger partial charge in [-0.3, -0.25) is 4.79 Å². The highest BCUT2D eigenvalue weighted by molar-refractivity contribution is 14.1. The molecule has 2 N–H and O–H groups in total. The molecule has 14 heavy (non-hydrogen) atoms. The summed E-state index contributed by atoms with van der Waals surface area (Å²) in [5.41, 5.74) is 6.74. The number of nitrogens with two attached hydrogens (primary N) is 1. The predicted octanol–water partition coefficient (Wildman–Crippen LogP) is 2.12. The van der Waals surface area contributed by atoms with Gasteiger partial charge in [0.25, 0.3) is 5.91 Å². The minimum atomic E-state index is -0.428. The molecular weight excluding hydrogens is 293 g/mol. The van der Waals surface area contributed by atoms with Crippen molar-refractivity contribution in [3.8, 4) is 5.75 Å². The molecule has 4 heteroatoms. The first-order valence-corrected chi connectivity index (χ1v) is 5.83. The average molecular weight is 305 g/mol. The Hall–Kier alpha value is -0.780. The van der Waals surface area contributed by atoms with E-state index in [0.717, 1.165) is 12.0 Å². The molecule has 1 rings (SSSR count).